The van der Waals surface area contributed by atoms with Gasteiger partial charge in [-0.25, -0.2) is 18.4 Å². The Morgan fingerprint density at radius 3 is 2.64 bits per heavy atom. The fraction of sp³-hybridized carbons (Fsp3) is 0.429. The van der Waals surface area contributed by atoms with Crippen LogP contribution in [0.2, 0.25) is 0 Å². The molecule has 0 radical (unpaired) electrons. The lowest BCUT2D eigenvalue weighted by atomic mass is 10.0. The number of benzene rings is 1. The Morgan fingerprint density at radius 1 is 1.29 bits per heavy atom. The van der Waals surface area contributed by atoms with Crippen LogP contribution in [0.25, 0.3) is 15.2 Å². The predicted octanol–water partition coefficient (Wildman–Crippen LogP) is 3.19. The molecule has 12 nitrogen and oxygen atoms in total. The van der Waals surface area contributed by atoms with Crippen molar-refractivity contribution in [3.05, 3.63) is 68.4 Å². The summed E-state index contributed by atoms with van der Waals surface area (Å²) < 4.78 is 29.7. The van der Waals surface area contributed by atoms with Gasteiger partial charge in [0.05, 0.1) is 50.5 Å². The van der Waals surface area contributed by atoms with Gasteiger partial charge in [0, 0.05) is 17.2 Å². The minimum absolute atomic E-state index is 0.00563. The highest BCUT2D eigenvalue weighted by molar-refractivity contribution is 7.21. The van der Waals surface area contributed by atoms with Crippen molar-refractivity contribution in [1.82, 2.24) is 29.4 Å². The van der Waals surface area contributed by atoms with E-state index in [4.69, 9.17) is 14.7 Å². The van der Waals surface area contributed by atoms with Crippen LogP contribution in [0.1, 0.15) is 51.3 Å². The molecule has 0 bridgehead atoms. The van der Waals surface area contributed by atoms with Gasteiger partial charge in [0.2, 0.25) is 5.91 Å². The van der Waals surface area contributed by atoms with Crippen LogP contribution in [-0.2, 0) is 21.6 Å². The molecule has 0 aliphatic heterocycles. The zero-order valence-electron chi connectivity index (χ0n) is 24.2. The number of halogens is 1. The molecule has 0 aliphatic rings. The highest BCUT2D eigenvalue weighted by atomic mass is 32.1. The molecule has 0 aliphatic carbocycles. The van der Waals surface area contributed by atoms with Gasteiger partial charge in [0.25, 0.3) is 5.56 Å². The number of rotatable bonds is 11. The van der Waals surface area contributed by atoms with Crippen molar-refractivity contribution >= 4 is 27.5 Å². The van der Waals surface area contributed by atoms with Crippen LogP contribution < -0.4 is 21.3 Å². The Balaban J connectivity index is 2.03. The average molecular weight is 598 g/mol. The van der Waals surface area contributed by atoms with Crippen LogP contribution in [-0.4, -0.2) is 49.8 Å². The minimum Gasteiger partial charge on any atom is -0.496 e. The molecule has 42 heavy (non-hydrogen) atoms. The van der Waals surface area contributed by atoms with E-state index in [0.29, 0.717) is 26.7 Å². The number of carbonyl (C=O) groups is 1. The van der Waals surface area contributed by atoms with E-state index in [2.05, 4.69) is 15.6 Å². The normalized spacial score (nSPS) is 12.5. The zero-order valence-corrected chi connectivity index (χ0v) is 25.0. The summed E-state index contributed by atoms with van der Waals surface area (Å²) in [5.74, 6) is -0.743. The maximum Gasteiger partial charge on any atom is 0.333 e. The smallest absolute Gasteiger partial charge is 0.333 e. The van der Waals surface area contributed by atoms with Crippen molar-refractivity contribution in [2.45, 2.75) is 65.3 Å². The number of nitriles is 1. The first kappa shape index (κ1) is 30.6. The summed E-state index contributed by atoms with van der Waals surface area (Å²) in [6.45, 7) is 8.10. The second-order valence-corrected chi connectivity index (χ2v) is 11.4. The van der Waals surface area contributed by atoms with Crippen molar-refractivity contribution in [1.29, 1.82) is 5.26 Å². The number of hydrogen-bond donors (Lipinski definition) is 1. The van der Waals surface area contributed by atoms with Gasteiger partial charge in [-0.05, 0) is 52.8 Å². The number of hydrogen-bond acceptors (Lipinski definition) is 9. The topological polar surface area (TPSA) is 146 Å². The van der Waals surface area contributed by atoms with E-state index in [1.165, 1.54) is 54.6 Å². The van der Waals surface area contributed by atoms with E-state index in [1.54, 1.807) is 27.0 Å². The molecular formula is C28H32FN7O5S. The van der Waals surface area contributed by atoms with E-state index in [0.717, 1.165) is 15.9 Å². The monoisotopic (exact) mass is 597 g/mol. The molecule has 0 spiro atoms. The first-order chi connectivity index (χ1) is 19.9. The largest absolute Gasteiger partial charge is 0.496 e. The maximum atomic E-state index is 14.4. The summed E-state index contributed by atoms with van der Waals surface area (Å²) in [5, 5.41) is 20.6. The van der Waals surface area contributed by atoms with Crippen molar-refractivity contribution in [3.63, 3.8) is 0 Å². The molecule has 222 valence electrons. The number of amides is 1. The number of nitrogens with zero attached hydrogens (tertiary/aromatic N) is 6. The van der Waals surface area contributed by atoms with E-state index in [1.807, 2.05) is 6.07 Å². The van der Waals surface area contributed by atoms with Crippen LogP contribution in [0, 0.1) is 24.1 Å². The number of fused-ring (bicyclic) bond motifs is 1. The van der Waals surface area contributed by atoms with Gasteiger partial charge in [-0.1, -0.05) is 16.6 Å². The maximum absolute atomic E-state index is 14.4. The van der Waals surface area contributed by atoms with Crippen molar-refractivity contribution in [3.8, 4) is 16.8 Å². The van der Waals surface area contributed by atoms with E-state index in [-0.39, 0.29) is 31.0 Å². The number of aromatic nitrogens is 5. The van der Waals surface area contributed by atoms with Crippen LogP contribution >= 0.6 is 11.3 Å². The second kappa shape index (κ2) is 12.3. The molecule has 4 aromatic rings. The van der Waals surface area contributed by atoms with Gasteiger partial charge < -0.3 is 14.8 Å². The van der Waals surface area contributed by atoms with Crippen LogP contribution in [0.15, 0.2) is 40.2 Å². The van der Waals surface area contributed by atoms with E-state index >= 15 is 0 Å². The summed E-state index contributed by atoms with van der Waals surface area (Å²) in [4.78, 5) is 41.9. The average Bonchev–Trinajstić information content (AvgIpc) is 3.58. The molecule has 0 saturated heterocycles. The van der Waals surface area contributed by atoms with Gasteiger partial charge in [-0.15, -0.1) is 5.10 Å². The SMILES string of the molecule is COc1ccc(F)cc1[C@H](Cn1c(=O)n(C(C)(C)C(=O)NC(C)C)c(=O)c2c(C)c(-n3ccnn3)sc21)OCCC#N. The first-order valence-corrected chi connectivity index (χ1v) is 14.0. The molecule has 0 saturated carbocycles. The van der Waals surface area contributed by atoms with Gasteiger partial charge in [0.1, 0.15) is 33.0 Å². The Labute approximate surface area is 244 Å². The summed E-state index contributed by atoms with van der Waals surface area (Å²) in [5.41, 5.74) is -2.12. The lowest BCUT2D eigenvalue weighted by Crippen LogP contribution is -2.56. The number of thiophene rings is 1. The summed E-state index contributed by atoms with van der Waals surface area (Å²) >= 11 is 1.15. The molecule has 1 aromatic carbocycles. The van der Waals surface area contributed by atoms with Gasteiger partial charge in [-0.3, -0.25) is 14.2 Å². The van der Waals surface area contributed by atoms with E-state index < -0.39 is 34.6 Å². The quantitative estimate of drug-likeness (QED) is 0.260. The number of methoxy groups -OCH3 is 1. The van der Waals surface area contributed by atoms with Crippen molar-refractivity contribution < 1.29 is 18.7 Å². The van der Waals surface area contributed by atoms with Gasteiger partial charge in [-0.2, -0.15) is 5.26 Å². The molecule has 4 rings (SSSR count). The molecule has 14 heteroatoms. The molecule has 0 unspecified atom stereocenters. The van der Waals surface area contributed by atoms with Gasteiger partial charge in [0.15, 0.2) is 0 Å². The third-order valence-corrected chi connectivity index (χ3v) is 8.08. The molecule has 1 atom stereocenters. The summed E-state index contributed by atoms with van der Waals surface area (Å²) in [6, 6.07) is 5.70. The molecule has 0 fully saturated rings. The predicted molar refractivity (Wildman–Crippen MR) is 154 cm³/mol. The van der Waals surface area contributed by atoms with Crippen LogP contribution in [0.3, 0.4) is 0 Å². The molecular weight excluding hydrogens is 565 g/mol. The fourth-order valence-electron chi connectivity index (χ4n) is 4.67. The van der Waals surface area contributed by atoms with Crippen molar-refractivity contribution in [2.75, 3.05) is 13.7 Å². The van der Waals surface area contributed by atoms with Crippen LogP contribution in [0.5, 0.6) is 5.75 Å². The molecule has 1 amide bonds. The number of nitrogens with one attached hydrogen (secondary N) is 1. The fourth-order valence-corrected chi connectivity index (χ4v) is 5.91. The number of ether oxygens (including phenoxy) is 2. The van der Waals surface area contributed by atoms with Crippen molar-refractivity contribution in [2.24, 2.45) is 0 Å². The highest BCUT2D eigenvalue weighted by Gasteiger charge is 2.36. The third-order valence-electron chi connectivity index (χ3n) is 6.77. The molecule has 3 heterocycles. The molecule has 1 N–H and O–H groups in total. The standard InChI is InChI=1S/C28H32FN7O5S/c1-16(2)32-26(38)28(4,5)36-23(37)22-17(3)24(35-12-11-31-33-35)42-25(22)34(27(36)39)15-21(41-13-7-10-30)19-14-18(29)8-9-20(19)40-6/h8-9,11-12,14,16,21H,7,13,15H2,1-6H3,(H,32,38)/t21-/m0/s1. The number of aryl methyl sites for hydroxylation is 1. The Kier molecular flexibility index (Phi) is 8.93. The summed E-state index contributed by atoms with van der Waals surface area (Å²) in [6.07, 6.45) is 2.20. The minimum atomic E-state index is -1.58. The Hall–Kier alpha value is -4.35. The lowest BCUT2D eigenvalue weighted by molar-refractivity contribution is -0.129. The Morgan fingerprint density at radius 2 is 2.02 bits per heavy atom. The first-order valence-electron chi connectivity index (χ1n) is 13.2. The number of carbonyl (C=O) groups excluding carboxylic acids is 1. The third kappa shape index (κ3) is 5.70. The van der Waals surface area contributed by atoms with Crippen LogP contribution in [0.4, 0.5) is 4.39 Å². The highest BCUT2D eigenvalue weighted by Crippen LogP contribution is 2.34. The van der Waals surface area contributed by atoms with Gasteiger partial charge >= 0.3 is 5.69 Å². The zero-order chi connectivity index (χ0) is 30.8. The van der Waals surface area contributed by atoms with E-state index in [9.17, 15) is 18.8 Å². The second-order valence-electron chi connectivity index (χ2n) is 10.4. The summed E-state index contributed by atoms with van der Waals surface area (Å²) in [7, 11) is 1.43. The lowest BCUT2D eigenvalue weighted by Gasteiger charge is -2.28. The molecule has 3 aromatic heterocycles. The Bertz CT molecular complexity index is 1770.